The molecular weight excluding hydrogens is 184 g/mol. The number of piperidine rings is 1. The second-order valence-electron chi connectivity index (χ2n) is 4.45. The maximum atomic E-state index is 5.32. The molecule has 0 saturated carbocycles. The molecule has 0 atom stereocenters. The Kier molecular flexibility index (Phi) is 6.47. The average Bonchev–Trinajstić information content (AvgIpc) is 2.28. The summed E-state index contributed by atoms with van der Waals surface area (Å²) < 4.78 is 0. The van der Waals surface area contributed by atoms with Crippen LogP contribution in [-0.4, -0.2) is 37.6 Å². The van der Waals surface area contributed by atoms with E-state index in [1.54, 1.807) is 0 Å². The van der Waals surface area contributed by atoms with Gasteiger partial charge >= 0.3 is 0 Å². The smallest absolute Gasteiger partial charge is 0.0214 e. The highest BCUT2D eigenvalue weighted by atomic mass is 15.1. The minimum absolute atomic E-state index is 0.885. The number of nitrogens with one attached hydrogen (secondary N) is 1. The highest BCUT2D eigenvalue weighted by molar-refractivity contribution is 4.85. The van der Waals surface area contributed by atoms with Crippen LogP contribution in [-0.2, 0) is 0 Å². The molecule has 0 radical (unpaired) electrons. The SMILES string of the molecule is C#CCCN(CCC)CC1CCNCC1. The summed E-state index contributed by atoms with van der Waals surface area (Å²) in [4.78, 5) is 2.54. The van der Waals surface area contributed by atoms with Crippen LogP contribution in [0.2, 0.25) is 0 Å². The summed E-state index contributed by atoms with van der Waals surface area (Å²) in [7, 11) is 0. The summed E-state index contributed by atoms with van der Waals surface area (Å²) >= 11 is 0. The van der Waals surface area contributed by atoms with Crippen LogP contribution in [0.4, 0.5) is 0 Å². The highest BCUT2D eigenvalue weighted by Gasteiger charge is 2.15. The van der Waals surface area contributed by atoms with Gasteiger partial charge in [0.25, 0.3) is 0 Å². The van der Waals surface area contributed by atoms with Gasteiger partial charge in [0.1, 0.15) is 0 Å². The van der Waals surface area contributed by atoms with Crippen molar-refractivity contribution in [3.05, 3.63) is 0 Å². The summed E-state index contributed by atoms with van der Waals surface area (Å²) in [6, 6.07) is 0. The van der Waals surface area contributed by atoms with Gasteiger partial charge in [-0.3, -0.25) is 0 Å². The molecule has 1 aliphatic rings. The van der Waals surface area contributed by atoms with Crippen molar-refractivity contribution in [3.63, 3.8) is 0 Å². The fraction of sp³-hybridized carbons (Fsp3) is 0.846. The van der Waals surface area contributed by atoms with Gasteiger partial charge in [0.05, 0.1) is 0 Å². The van der Waals surface area contributed by atoms with E-state index in [0.717, 1.165) is 18.9 Å². The molecule has 0 aromatic carbocycles. The lowest BCUT2D eigenvalue weighted by molar-refractivity contribution is 0.209. The Bertz CT molecular complexity index is 189. The summed E-state index contributed by atoms with van der Waals surface area (Å²) in [5.41, 5.74) is 0. The largest absolute Gasteiger partial charge is 0.317 e. The molecule has 1 saturated heterocycles. The minimum atomic E-state index is 0.885. The van der Waals surface area contributed by atoms with Crippen LogP contribution in [0.1, 0.15) is 32.6 Å². The first-order valence-electron chi connectivity index (χ1n) is 6.23. The molecule has 1 aliphatic heterocycles. The molecule has 0 aliphatic carbocycles. The van der Waals surface area contributed by atoms with E-state index in [2.05, 4.69) is 23.1 Å². The molecule has 0 spiro atoms. The molecule has 1 rings (SSSR count). The lowest BCUT2D eigenvalue weighted by atomic mass is 9.97. The van der Waals surface area contributed by atoms with Gasteiger partial charge in [-0.25, -0.2) is 0 Å². The second-order valence-corrected chi connectivity index (χ2v) is 4.45. The van der Waals surface area contributed by atoms with Crippen molar-refractivity contribution in [2.75, 3.05) is 32.7 Å². The molecule has 2 nitrogen and oxygen atoms in total. The van der Waals surface area contributed by atoms with Crippen molar-refractivity contribution >= 4 is 0 Å². The van der Waals surface area contributed by atoms with Crippen LogP contribution in [0.5, 0.6) is 0 Å². The molecule has 1 fully saturated rings. The zero-order valence-electron chi connectivity index (χ0n) is 9.97. The van der Waals surface area contributed by atoms with Gasteiger partial charge in [0, 0.05) is 19.5 Å². The molecule has 1 N–H and O–H groups in total. The first-order chi connectivity index (χ1) is 7.36. The van der Waals surface area contributed by atoms with Crippen molar-refractivity contribution in [2.45, 2.75) is 32.6 Å². The minimum Gasteiger partial charge on any atom is -0.317 e. The van der Waals surface area contributed by atoms with Gasteiger partial charge in [-0.2, -0.15) is 0 Å². The van der Waals surface area contributed by atoms with Crippen LogP contribution in [0.25, 0.3) is 0 Å². The Labute approximate surface area is 94.4 Å². The molecule has 0 unspecified atom stereocenters. The Morgan fingerprint density at radius 2 is 2.07 bits per heavy atom. The molecule has 15 heavy (non-hydrogen) atoms. The predicted octanol–water partition coefficient (Wildman–Crippen LogP) is 1.72. The number of terminal acetylenes is 1. The zero-order chi connectivity index (χ0) is 10.9. The molecule has 0 aromatic heterocycles. The summed E-state index contributed by atoms with van der Waals surface area (Å²) in [6.07, 6.45) is 10.1. The van der Waals surface area contributed by atoms with Crippen molar-refractivity contribution in [1.82, 2.24) is 10.2 Å². The Hall–Kier alpha value is -0.520. The summed E-state index contributed by atoms with van der Waals surface area (Å²) in [5, 5.41) is 3.41. The van der Waals surface area contributed by atoms with E-state index in [4.69, 9.17) is 6.42 Å². The van der Waals surface area contributed by atoms with Gasteiger partial charge in [-0.15, -0.1) is 12.3 Å². The van der Waals surface area contributed by atoms with E-state index < -0.39 is 0 Å². The lowest BCUT2D eigenvalue weighted by Gasteiger charge is -2.29. The van der Waals surface area contributed by atoms with Crippen LogP contribution in [0.3, 0.4) is 0 Å². The van der Waals surface area contributed by atoms with Gasteiger partial charge in [-0.05, 0) is 44.8 Å². The van der Waals surface area contributed by atoms with Crippen molar-refractivity contribution in [1.29, 1.82) is 0 Å². The zero-order valence-corrected chi connectivity index (χ0v) is 9.97. The third-order valence-electron chi connectivity index (χ3n) is 3.09. The molecule has 0 bridgehead atoms. The third kappa shape index (κ3) is 5.20. The van der Waals surface area contributed by atoms with E-state index in [9.17, 15) is 0 Å². The van der Waals surface area contributed by atoms with Crippen molar-refractivity contribution in [3.8, 4) is 12.3 Å². The van der Waals surface area contributed by atoms with Crippen LogP contribution >= 0.6 is 0 Å². The molecule has 2 heteroatoms. The lowest BCUT2D eigenvalue weighted by Crippen LogP contribution is -2.37. The van der Waals surface area contributed by atoms with Crippen LogP contribution in [0.15, 0.2) is 0 Å². The van der Waals surface area contributed by atoms with Gasteiger partial charge in [-0.1, -0.05) is 6.92 Å². The monoisotopic (exact) mass is 208 g/mol. The number of hydrogen-bond acceptors (Lipinski definition) is 2. The Balaban J connectivity index is 2.25. The van der Waals surface area contributed by atoms with E-state index in [0.29, 0.717) is 0 Å². The van der Waals surface area contributed by atoms with Crippen molar-refractivity contribution in [2.24, 2.45) is 5.92 Å². The highest BCUT2D eigenvalue weighted by Crippen LogP contribution is 2.13. The van der Waals surface area contributed by atoms with Crippen molar-refractivity contribution < 1.29 is 0 Å². The normalized spacial score (nSPS) is 17.9. The molecule has 1 heterocycles. The van der Waals surface area contributed by atoms with Gasteiger partial charge in [0.2, 0.25) is 0 Å². The number of hydrogen-bond donors (Lipinski definition) is 1. The van der Waals surface area contributed by atoms with Crippen LogP contribution in [0, 0.1) is 18.3 Å². The molecular formula is C13H24N2. The van der Waals surface area contributed by atoms with Gasteiger partial charge in [0.15, 0.2) is 0 Å². The number of rotatable bonds is 6. The standard InChI is InChI=1S/C13H24N2/c1-3-5-11-15(10-4-2)12-13-6-8-14-9-7-13/h1,13-14H,4-12H2,2H3. The first-order valence-corrected chi connectivity index (χ1v) is 6.23. The summed E-state index contributed by atoms with van der Waals surface area (Å²) in [5.74, 6) is 3.62. The van der Waals surface area contributed by atoms with Gasteiger partial charge < -0.3 is 10.2 Å². The Morgan fingerprint density at radius 3 is 2.67 bits per heavy atom. The number of nitrogens with zero attached hydrogens (tertiary/aromatic N) is 1. The molecule has 0 aromatic rings. The molecule has 0 amide bonds. The average molecular weight is 208 g/mol. The van der Waals surface area contributed by atoms with E-state index >= 15 is 0 Å². The van der Waals surface area contributed by atoms with E-state index in [1.807, 2.05) is 0 Å². The first kappa shape index (κ1) is 12.5. The maximum absolute atomic E-state index is 5.32. The molecule has 86 valence electrons. The third-order valence-corrected chi connectivity index (χ3v) is 3.09. The Morgan fingerprint density at radius 1 is 1.33 bits per heavy atom. The topological polar surface area (TPSA) is 15.3 Å². The van der Waals surface area contributed by atoms with Crippen LogP contribution < -0.4 is 5.32 Å². The predicted molar refractivity (Wildman–Crippen MR) is 65.8 cm³/mol. The maximum Gasteiger partial charge on any atom is 0.0214 e. The van der Waals surface area contributed by atoms with E-state index in [1.165, 1.54) is 45.4 Å². The second kappa shape index (κ2) is 7.73. The fourth-order valence-electron chi connectivity index (χ4n) is 2.26. The van der Waals surface area contributed by atoms with E-state index in [-0.39, 0.29) is 0 Å². The summed E-state index contributed by atoms with van der Waals surface area (Å²) in [6.45, 7) is 8.15. The quantitative estimate of drug-likeness (QED) is 0.669. The fourth-order valence-corrected chi connectivity index (χ4v) is 2.26.